The van der Waals surface area contributed by atoms with E-state index in [0.29, 0.717) is 18.4 Å². The molecule has 1 aliphatic rings. The first-order chi connectivity index (χ1) is 15.6. The maximum Gasteiger partial charge on any atom is 0.258 e. The molecule has 5 heteroatoms. The molecule has 4 aromatic rings. The number of benzene rings is 2. The van der Waals surface area contributed by atoms with Crippen LogP contribution < -0.4 is 15.6 Å². The Balaban J connectivity index is 0.00000119. The van der Waals surface area contributed by atoms with Crippen molar-refractivity contribution in [2.75, 3.05) is 6.54 Å². The lowest BCUT2D eigenvalue weighted by Crippen LogP contribution is -2.28. The van der Waals surface area contributed by atoms with Crippen LogP contribution in [-0.4, -0.2) is 15.7 Å². The van der Waals surface area contributed by atoms with Crippen molar-refractivity contribution in [3.8, 4) is 11.4 Å². The number of nitrogens with zero attached hydrogens (tertiary/aromatic N) is 2. The van der Waals surface area contributed by atoms with Gasteiger partial charge in [0.05, 0.1) is 11.2 Å². The number of ether oxygens (including phenoxy) is 1. The summed E-state index contributed by atoms with van der Waals surface area (Å²) in [5.74, 6) is 0.579. The van der Waals surface area contributed by atoms with Crippen LogP contribution in [0.5, 0.6) is 5.75 Å². The molecule has 2 aromatic heterocycles. The second-order valence-electron chi connectivity index (χ2n) is 7.90. The fourth-order valence-corrected chi connectivity index (χ4v) is 4.50. The minimum Gasteiger partial charge on any atom is -0.489 e. The van der Waals surface area contributed by atoms with E-state index in [1.54, 1.807) is 16.8 Å². The van der Waals surface area contributed by atoms with Gasteiger partial charge in [-0.15, -0.1) is 0 Å². The average Bonchev–Trinajstić information content (AvgIpc) is 3.12. The van der Waals surface area contributed by atoms with Gasteiger partial charge < -0.3 is 14.6 Å². The van der Waals surface area contributed by atoms with Gasteiger partial charge in [-0.1, -0.05) is 50.2 Å². The van der Waals surface area contributed by atoms with E-state index >= 15 is 0 Å². The Kier molecular flexibility index (Phi) is 6.47. The number of rotatable bonds is 4. The van der Waals surface area contributed by atoms with Crippen molar-refractivity contribution in [1.29, 1.82) is 0 Å². The average molecular weight is 430 g/mol. The molecule has 1 N–H and O–H groups in total. The van der Waals surface area contributed by atoms with Crippen LogP contribution in [-0.2, 0) is 20.1 Å². The number of hydrogen-bond acceptors (Lipinski definition) is 3. The minimum absolute atomic E-state index is 0.103. The summed E-state index contributed by atoms with van der Waals surface area (Å²) in [5, 5.41) is 4.81. The summed E-state index contributed by atoms with van der Waals surface area (Å²) in [4.78, 5) is 12.8. The number of fused-ring (bicyclic) bond motifs is 3. The van der Waals surface area contributed by atoms with Crippen LogP contribution in [0.15, 0.2) is 71.7 Å². The van der Waals surface area contributed by atoms with E-state index < -0.39 is 0 Å². The van der Waals surface area contributed by atoms with Crippen LogP contribution in [0, 0.1) is 0 Å². The number of aryl methyl sites for hydroxylation is 1. The number of nitrogens with one attached hydrogen (secondary N) is 1. The maximum absolute atomic E-state index is 12.8. The van der Waals surface area contributed by atoms with Crippen molar-refractivity contribution < 1.29 is 4.74 Å². The van der Waals surface area contributed by atoms with E-state index in [4.69, 9.17) is 4.74 Å². The summed E-state index contributed by atoms with van der Waals surface area (Å²) in [7, 11) is 2.11. The Morgan fingerprint density at radius 3 is 2.59 bits per heavy atom. The molecule has 0 bridgehead atoms. The molecule has 0 aliphatic carbocycles. The van der Waals surface area contributed by atoms with Gasteiger partial charge in [-0.05, 0) is 49.2 Å². The zero-order valence-electron chi connectivity index (χ0n) is 19.3. The highest BCUT2D eigenvalue weighted by Crippen LogP contribution is 2.33. The van der Waals surface area contributed by atoms with E-state index in [2.05, 4.69) is 36.0 Å². The zero-order valence-corrected chi connectivity index (χ0v) is 19.3. The Labute approximate surface area is 189 Å². The van der Waals surface area contributed by atoms with Crippen molar-refractivity contribution in [2.24, 2.45) is 7.05 Å². The van der Waals surface area contributed by atoms with E-state index in [1.165, 1.54) is 16.6 Å². The molecule has 1 unspecified atom stereocenters. The van der Waals surface area contributed by atoms with Crippen molar-refractivity contribution in [3.05, 3.63) is 94.0 Å². The first-order valence-corrected chi connectivity index (χ1v) is 11.4. The summed E-state index contributed by atoms with van der Waals surface area (Å²) in [6.45, 7) is 7.65. The molecular weight excluding hydrogens is 398 g/mol. The molecule has 0 spiro atoms. The van der Waals surface area contributed by atoms with Gasteiger partial charge >= 0.3 is 0 Å². The summed E-state index contributed by atoms with van der Waals surface area (Å²) >= 11 is 0. The van der Waals surface area contributed by atoms with Crippen LogP contribution in [0.25, 0.3) is 16.6 Å². The van der Waals surface area contributed by atoms with E-state index in [1.807, 2.05) is 56.3 Å². The van der Waals surface area contributed by atoms with Gasteiger partial charge in [0.15, 0.2) is 0 Å². The standard InChI is InChI=1S/C25H25N3O2.C2H6/c1-17-25-22(10-12-26-17)21-9-8-19(14-23(21)27(25)2)28-13-11-20(15-24(28)29)30-16-18-6-4-3-5-7-18;1-2/h3-9,11,13-15,17,26H,10,12,16H2,1-2H3;1-2H3. The maximum atomic E-state index is 12.8. The van der Waals surface area contributed by atoms with Gasteiger partial charge in [0, 0.05) is 36.4 Å². The number of aromatic nitrogens is 2. The van der Waals surface area contributed by atoms with Crippen LogP contribution in [0.3, 0.4) is 0 Å². The lowest BCUT2D eigenvalue weighted by Gasteiger charge is -2.22. The first kappa shape index (κ1) is 21.9. The van der Waals surface area contributed by atoms with E-state index in [9.17, 15) is 4.79 Å². The van der Waals surface area contributed by atoms with Crippen LogP contribution in [0.2, 0.25) is 0 Å². The molecule has 0 radical (unpaired) electrons. The molecule has 3 heterocycles. The lowest BCUT2D eigenvalue weighted by atomic mass is 10.00. The molecule has 2 aromatic carbocycles. The predicted molar refractivity (Wildman–Crippen MR) is 131 cm³/mol. The molecule has 5 nitrogen and oxygen atoms in total. The van der Waals surface area contributed by atoms with Gasteiger partial charge in [-0.2, -0.15) is 0 Å². The summed E-state index contributed by atoms with van der Waals surface area (Å²) in [6.07, 6.45) is 2.82. The third kappa shape index (κ3) is 4.08. The second kappa shape index (κ2) is 9.45. The van der Waals surface area contributed by atoms with Gasteiger partial charge in [0.1, 0.15) is 12.4 Å². The van der Waals surface area contributed by atoms with Crippen LogP contribution in [0.4, 0.5) is 0 Å². The largest absolute Gasteiger partial charge is 0.489 e. The first-order valence-electron chi connectivity index (χ1n) is 11.4. The molecule has 0 fully saturated rings. The Morgan fingerprint density at radius 1 is 1.06 bits per heavy atom. The summed E-state index contributed by atoms with van der Waals surface area (Å²) in [6, 6.07) is 19.9. The van der Waals surface area contributed by atoms with Gasteiger partial charge in [0.25, 0.3) is 5.56 Å². The Hall–Kier alpha value is -3.31. The molecular formula is C27H31N3O2. The van der Waals surface area contributed by atoms with E-state index in [-0.39, 0.29) is 5.56 Å². The summed E-state index contributed by atoms with van der Waals surface area (Å²) < 4.78 is 9.72. The molecule has 32 heavy (non-hydrogen) atoms. The molecule has 0 saturated carbocycles. The molecule has 166 valence electrons. The quantitative estimate of drug-likeness (QED) is 0.489. The smallest absolute Gasteiger partial charge is 0.258 e. The van der Waals surface area contributed by atoms with Gasteiger partial charge in [0.2, 0.25) is 0 Å². The van der Waals surface area contributed by atoms with E-state index in [0.717, 1.165) is 29.7 Å². The Bertz CT molecular complexity index is 1270. The topological polar surface area (TPSA) is 48.2 Å². The molecule has 5 rings (SSSR count). The number of hydrogen-bond donors (Lipinski definition) is 1. The highest BCUT2D eigenvalue weighted by atomic mass is 16.5. The Morgan fingerprint density at radius 2 is 1.84 bits per heavy atom. The zero-order chi connectivity index (χ0) is 22.7. The molecule has 1 aliphatic heterocycles. The fraction of sp³-hybridized carbons (Fsp3) is 0.296. The van der Waals surface area contributed by atoms with Gasteiger partial charge in [-0.3, -0.25) is 9.36 Å². The van der Waals surface area contributed by atoms with Crippen molar-refractivity contribution >= 4 is 10.9 Å². The third-order valence-electron chi connectivity index (χ3n) is 5.99. The monoisotopic (exact) mass is 429 g/mol. The lowest BCUT2D eigenvalue weighted by molar-refractivity contribution is 0.305. The van der Waals surface area contributed by atoms with Crippen LogP contribution in [0.1, 0.15) is 43.6 Å². The van der Waals surface area contributed by atoms with Crippen molar-refractivity contribution in [1.82, 2.24) is 14.5 Å². The molecule has 1 atom stereocenters. The summed E-state index contributed by atoms with van der Waals surface area (Å²) in [5.41, 5.74) is 5.75. The van der Waals surface area contributed by atoms with Crippen molar-refractivity contribution in [3.63, 3.8) is 0 Å². The van der Waals surface area contributed by atoms with Crippen molar-refractivity contribution in [2.45, 2.75) is 39.8 Å². The minimum atomic E-state index is -0.103. The third-order valence-corrected chi connectivity index (χ3v) is 5.99. The SMILES string of the molecule is CC.CC1NCCc2c1n(C)c1cc(-n3ccc(OCc4ccccc4)cc3=O)ccc21. The molecule has 0 saturated heterocycles. The number of pyridine rings is 1. The van der Waals surface area contributed by atoms with Crippen LogP contribution >= 0.6 is 0 Å². The second-order valence-corrected chi connectivity index (χ2v) is 7.90. The molecule has 0 amide bonds. The van der Waals surface area contributed by atoms with Gasteiger partial charge in [-0.25, -0.2) is 0 Å². The highest BCUT2D eigenvalue weighted by molar-refractivity contribution is 5.87. The normalized spacial score (nSPS) is 15.1. The predicted octanol–water partition coefficient (Wildman–Crippen LogP) is 5.14. The fourth-order valence-electron chi connectivity index (χ4n) is 4.50. The highest BCUT2D eigenvalue weighted by Gasteiger charge is 2.23.